The van der Waals surface area contributed by atoms with Gasteiger partial charge in [-0.1, -0.05) is 38.0 Å². The average molecular weight is 261 g/mol. The molecule has 1 aliphatic carbocycles. The highest BCUT2D eigenvalue weighted by Gasteiger charge is 2.30. The molecule has 0 spiro atoms. The molecule has 1 aromatic rings. The summed E-state index contributed by atoms with van der Waals surface area (Å²) in [5.41, 5.74) is 1.52. The van der Waals surface area contributed by atoms with Crippen LogP contribution in [0.1, 0.15) is 42.1 Å². The second kappa shape index (κ2) is 5.87. The van der Waals surface area contributed by atoms with E-state index in [4.69, 9.17) is 5.11 Å². The molecule has 2 N–H and O–H groups in total. The summed E-state index contributed by atoms with van der Waals surface area (Å²) >= 11 is 0. The van der Waals surface area contributed by atoms with Crippen LogP contribution >= 0.6 is 0 Å². The molecule has 1 fully saturated rings. The van der Waals surface area contributed by atoms with Crippen molar-refractivity contribution in [1.29, 1.82) is 0 Å². The summed E-state index contributed by atoms with van der Waals surface area (Å²) < 4.78 is 0. The lowest BCUT2D eigenvalue weighted by atomic mass is 10.0. The van der Waals surface area contributed by atoms with E-state index in [2.05, 4.69) is 5.32 Å². The van der Waals surface area contributed by atoms with E-state index < -0.39 is 12.0 Å². The monoisotopic (exact) mass is 261 g/mol. The number of rotatable bonds is 6. The van der Waals surface area contributed by atoms with Crippen LogP contribution in [0.25, 0.3) is 0 Å². The zero-order valence-electron chi connectivity index (χ0n) is 11.1. The van der Waals surface area contributed by atoms with Crippen molar-refractivity contribution in [2.45, 2.75) is 38.6 Å². The number of hydrogen-bond acceptors (Lipinski definition) is 2. The van der Waals surface area contributed by atoms with Crippen LogP contribution < -0.4 is 5.32 Å². The molecule has 0 aliphatic heterocycles. The number of hydrogen-bond donors (Lipinski definition) is 2. The number of aliphatic carboxylic acids is 1. The second-order valence-electron chi connectivity index (χ2n) is 5.05. The first-order valence-electron chi connectivity index (χ1n) is 6.73. The van der Waals surface area contributed by atoms with Crippen molar-refractivity contribution in [2.75, 3.05) is 0 Å². The summed E-state index contributed by atoms with van der Waals surface area (Å²) in [6.07, 6.45) is 3.44. The number of carbonyl (C=O) groups excluding carboxylic acids is 1. The fraction of sp³-hybridized carbons (Fsp3) is 0.467. The Balaban J connectivity index is 2.07. The van der Waals surface area contributed by atoms with Gasteiger partial charge in [0.1, 0.15) is 6.04 Å². The highest BCUT2D eigenvalue weighted by molar-refractivity contribution is 5.97. The van der Waals surface area contributed by atoms with E-state index >= 15 is 0 Å². The number of carboxylic acid groups (broad SMARTS) is 1. The van der Waals surface area contributed by atoms with Gasteiger partial charge in [0.15, 0.2) is 0 Å². The third kappa shape index (κ3) is 3.56. The lowest BCUT2D eigenvalue weighted by Gasteiger charge is -2.15. The molecule has 4 nitrogen and oxygen atoms in total. The maximum absolute atomic E-state index is 12.2. The summed E-state index contributed by atoms with van der Waals surface area (Å²) in [6.45, 7) is 1.98. The SMILES string of the molecule is CCc1ccccc1C(=O)NC(CC1CC1)C(=O)O. The molecule has 0 aromatic heterocycles. The molecule has 1 unspecified atom stereocenters. The van der Waals surface area contributed by atoms with E-state index in [1.807, 2.05) is 19.1 Å². The van der Waals surface area contributed by atoms with Crippen molar-refractivity contribution in [3.63, 3.8) is 0 Å². The van der Waals surface area contributed by atoms with Gasteiger partial charge in [0.2, 0.25) is 0 Å². The van der Waals surface area contributed by atoms with Crippen LogP contribution in [0.2, 0.25) is 0 Å². The minimum atomic E-state index is -0.950. The van der Waals surface area contributed by atoms with Crippen LogP contribution in [0.3, 0.4) is 0 Å². The molecule has 4 heteroatoms. The fourth-order valence-corrected chi connectivity index (χ4v) is 2.19. The fourth-order valence-electron chi connectivity index (χ4n) is 2.19. The van der Waals surface area contributed by atoms with Gasteiger partial charge in [0, 0.05) is 5.56 Å². The molecule has 1 saturated carbocycles. The molecule has 0 bridgehead atoms. The molecule has 2 rings (SSSR count). The van der Waals surface area contributed by atoms with E-state index in [1.54, 1.807) is 12.1 Å². The van der Waals surface area contributed by atoms with Gasteiger partial charge in [-0.05, 0) is 30.4 Å². The molecule has 102 valence electrons. The Labute approximate surface area is 112 Å². The summed E-state index contributed by atoms with van der Waals surface area (Å²) in [5, 5.41) is 11.8. The normalized spacial score (nSPS) is 15.8. The molecular weight excluding hydrogens is 242 g/mol. The molecule has 0 radical (unpaired) electrons. The van der Waals surface area contributed by atoms with Gasteiger partial charge in [-0.15, -0.1) is 0 Å². The third-order valence-corrected chi connectivity index (χ3v) is 3.51. The quantitative estimate of drug-likeness (QED) is 0.825. The minimum Gasteiger partial charge on any atom is -0.480 e. The molecule has 1 aromatic carbocycles. The molecule has 0 heterocycles. The zero-order valence-corrected chi connectivity index (χ0v) is 11.1. The molecule has 1 aliphatic rings. The Morgan fingerprint density at radius 3 is 2.63 bits per heavy atom. The van der Waals surface area contributed by atoms with E-state index in [1.165, 1.54) is 0 Å². The van der Waals surface area contributed by atoms with Gasteiger partial charge in [-0.3, -0.25) is 4.79 Å². The van der Waals surface area contributed by atoms with E-state index in [-0.39, 0.29) is 5.91 Å². The van der Waals surface area contributed by atoms with Crippen molar-refractivity contribution < 1.29 is 14.7 Å². The molecular formula is C15H19NO3. The predicted octanol–water partition coefficient (Wildman–Crippen LogP) is 2.23. The molecule has 0 saturated heterocycles. The van der Waals surface area contributed by atoms with Crippen LogP contribution in [0, 0.1) is 5.92 Å². The summed E-state index contributed by atoms with van der Waals surface area (Å²) in [6, 6.07) is 6.54. The Morgan fingerprint density at radius 2 is 2.05 bits per heavy atom. The average Bonchev–Trinajstić information content (AvgIpc) is 3.21. The lowest BCUT2D eigenvalue weighted by Crippen LogP contribution is -2.41. The predicted molar refractivity (Wildman–Crippen MR) is 72.1 cm³/mol. The van der Waals surface area contributed by atoms with Crippen molar-refractivity contribution >= 4 is 11.9 Å². The van der Waals surface area contributed by atoms with Crippen molar-refractivity contribution in [1.82, 2.24) is 5.32 Å². The first kappa shape index (κ1) is 13.6. The summed E-state index contributed by atoms with van der Waals surface area (Å²) in [7, 11) is 0. The summed E-state index contributed by atoms with van der Waals surface area (Å²) in [5.74, 6) is -0.775. The van der Waals surface area contributed by atoms with Crippen molar-refractivity contribution in [3.05, 3.63) is 35.4 Å². The topological polar surface area (TPSA) is 66.4 Å². The van der Waals surface area contributed by atoms with E-state index in [9.17, 15) is 9.59 Å². The number of amides is 1. The molecule has 1 atom stereocenters. The standard InChI is InChI=1S/C15H19NO3/c1-2-11-5-3-4-6-12(11)14(17)16-13(15(18)19)9-10-7-8-10/h3-6,10,13H,2,7-9H2,1H3,(H,16,17)(H,18,19). The number of aryl methyl sites for hydroxylation is 1. The Hall–Kier alpha value is -1.84. The van der Waals surface area contributed by atoms with Crippen molar-refractivity contribution in [3.8, 4) is 0 Å². The lowest BCUT2D eigenvalue weighted by molar-refractivity contribution is -0.139. The largest absolute Gasteiger partial charge is 0.480 e. The number of carboxylic acids is 1. The maximum atomic E-state index is 12.2. The highest BCUT2D eigenvalue weighted by atomic mass is 16.4. The Morgan fingerprint density at radius 1 is 1.37 bits per heavy atom. The third-order valence-electron chi connectivity index (χ3n) is 3.51. The number of nitrogens with one attached hydrogen (secondary N) is 1. The van der Waals surface area contributed by atoms with Crippen LogP contribution in [0.15, 0.2) is 24.3 Å². The first-order chi connectivity index (χ1) is 9.11. The number of benzene rings is 1. The van der Waals surface area contributed by atoms with Gasteiger partial charge in [-0.25, -0.2) is 4.79 Å². The van der Waals surface area contributed by atoms with Gasteiger partial charge >= 0.3 is 5.97 Å². The Kier molecular flexibility index (Phi) is 4.20. The second-order valence-corrected chi connectivity index (χ2v) is 5.05. The minimum absolute atomic E-state index is 0.287. The van der Waals surface area contributed by atoms with Gasteiger partial charge in [-0.2, -0.15) is 0 Å². The molecule has 19 heavy (non-hydrogen) atoms. The van der Waals surface area contributed by atoms with Gasteiger partial charge in [0.25, 0.3) is 5.91 Å². The van der Waals surface area contributed by atoms with Crippen LogP contribution in [0.5, 0.6) is 0 Å². The Bertz CT molecular complexity index is 480. The van der Waals surface area contributed by atoms with Crippen LogP contribution in [-0.4, -0.2) is 23.0 Å². The van der Waals surface area contributed by atoms with Crippen LogP contribution in [0.4, 0.5) is 0 Å². The van der Waals surface area contributed by atoms with Gasteiger partial charge < -0.3 is 10.4 Å². The summed E-state index contributed by atoms with van der Waals surface area (Å²) in [4.78, 5) is 23.3. The number of carbonyl (C=O) groups is 2. The molecule has 1 amide bonds. The van der Waals surface area contributed by atoms with E-state index in [0.717, 1.165) is 24.8 Å². The van der Waals surface area contributed by atoms with Crippen molar-refractivity contribution in [2.24, 2.45) is 5.92 Å². The smallest absolute Gasteiger partial charge is 0.326 e. The zero-order chi connectivity index (χ0) is 13.8. The first-order valence-corrected chi connectivity index (χ1v) is 6.73. The van der Waals surface area contributed by atoms with Gasteiger partial charge in [0.05, 0.1) is 0 Å². The van der Waals surface area contributed by atoms with Crippen LogP contribution in [-0.2, 0) is 11.2 Å². The highest BCUT2D eigenvalue weighted by Crippen LogP contribution is 2.33. The maximum Gasteiger partial charge on any atom is 0.326 e. The van der Waals surface area contributed by atoms with E-state index in [0.29, 0.717) is 17.9 Å².